The van der Waals surface area contributed by atoms with E-state index in [9.17, 15) is 18.8 Å². The molecular formula is C17H20FN3O4. The molecule has 134 valence electrons. The molecule has 1 fully saturated rings. The summed E-state index contributed by atoms with van der Waals surface area (Å²) in [7, 11) is 0. The van der Waals surface area contributed by atoms with Gasteiger partial charge in [-0.3, -0.25) is 9.59 Å². The Morgan fingerprint density at radius 3 is 2.60 bits per heavy atom. The van der Waals surface area contributed by atoms with E-state index in [-0.39, 0.29) is 24.3 Å². The molecule has 0 spiro atoms. The highest BCUT2D eigenvalue weighted by atomic mass is 19.1. The minimum Gasteiger partial charge on any atom is -0.450 e. The number of halogens is 1. The van der Waals surface area contributed by atoms with E-state index in [0.717, 1.165) is 0 Å². The van der Waals surface area contributed by atoms with Crippen LogP contribution in [0.1, 0.15) is 24.8 Å². The molecule has 2 aliphatic heterocycles. The number of nitrogens with zero attached hydrogens (tertiary/aromatic N) is 2. The Balaban J connectivity index is 1.70. The van der Waals surface area contributed by atoms with Crippen LogP contribution in [0.4, 0.5) is 14.9 Å². The summed E-state index contributed by atoms with van der Waals surface area (Å²) in [5.41, 5.74) is 0.971. The smallest absolute Gasteiger partial charge is 0.409 e. The molecule has 0 bridgehead atoms. The summed E-state index contributed by atoms with van der Waals surface area (Å²) in [5, 5.41) is 2.61. The zero-order valence-electron chi connectivity index (χ0n) is 14.0. The normalized spacial score (nSPS) is 19.9. The fourth-order valence-corrected chi connectivity index (χ4v) is 3.20. The number of fused-ring (bicyclic) bond motifs is 1. The van der Waals surface area contributed by atoms with Crippen LogP contribution in [-0.2, 0) is 14.3 Å². The number of carbonyl (C=O) groups is 3. The van der Waals surface area contributed by atoms with Crippen molar-refractivity contribution in [3.8, 4) is 0 Å². The van der Waals surface area contributed by atoms with Gasteiger partial charge in [0.2, 0.25) is 11.8 Å². The summed E-state index contributed by atoms with van der Waals surface area (Å²) in [6.07, 6.45) is -0.345. The molecule has 3 rings (SSSR count). The molecule has 8 heteroatoms. The minimum absolute atomic E-state index is 0.0373. The van der Waals surface area contributed by atoms with E-state index < -0.39 is 11.7 Å². The van der Waals surface area contributed by atoms with Crippen molar-refractivity contribution in [3.05, 3.63) is 29.6 Å². The van der Waals surface area contributed by atoms with Crippen molar-refractivity contribution in [2.45, 2.75) is 19.3 Å². The second-order valence-corrected chi connectivity index (χ2v) is 6.05. The second-order valence-electron chi connectivity index (χ2n) is 6.05. The lowest BCUT2D eigenvalue weighted by molar-refractivity contribution is -0.136. The Bertz CT molecular complexity index is 701. The van der Waals surface area contributed by atoms with Gasteiger partial charge in [0.1, 0.15) is 5.82 Å². The van der Waals surface area contributed by atoms with Gasteiger partial charge in [0.05, 0.1) is 12.5 Å². The summed E-state index contributed by atoms with van der Waals surface area (Å²) in [6.45, 7) is 3.59. The van der Waals surface area contributed by atoms with Crippen LogP contribution in [0.5, 0.6) is 0 Å². The van der Waals surface area contributed by atoms with E-state index in [4.69, 9.17) is 4.74 Å². The molecule has 7 nitrogen and oxygen atoms in total. The van der Waals surface area contributed by atoms with E-state index in [1.807, 2.05) is 0 Å². The Labute approximate surface area is 144 Å². The van der Waals surface area contributed by atoms with Crippen LogP contribution in [0.2, 0.25) is 0 Å². The zero-order valence-corrected chi connectivity index (χ0v) is 14.0. The summed E-state index contributed by atoms with van der Waals surface area (Å²) in [4.78, 5) is 39.7. The van der Waals surface area contributed by atoms with E-state index in [1.54, 1.807) is 22.8 Å². The number of ether oxygens (including phenoxy) is 1. The van der Waals surface area contributed by atoms with Crippen LogP contribution in [0, 0.1) is 5.82 Å². The lowest BCUT2D eigenvalue weighted by Crippen LogP contribution is -2.52. The van der Waals surface area contributed by atoms with E-state index in [1.165, 1.54) is 12.1 Å². The van der Waals surface area contributed by atoms with Gasteiger partial charge >= 0.3 is 6.09 Å². The monoisotopic (exact) mass is 349 g/mol. The zero-order chi connectivity index (χ0) is 18.0. The molecule has 2 aliphatic rings. The third kappa shape index (κ3) is 3.57. The maximum Gasteiger partial charge on any atom is 0.409 e. The third-order valence-corrected chi connectivity index (χ3v) is 4.47. The lowest BCUT2D eigenvalue weighted by Gasteiger charge is -2.36. The molecular weight excluding hydrogens is 329 g/mol. The number of amides is 3. The number of carbonyl (C=O) groups excluding carboxylic acids is 3. The van der Waals surface area contributed by atoms with Gasteiger partial charge in [-0.2, -0.15) is 0 Å². The first-order valence-corrected chi connectivity index (χ1v) is 8.29. The highest BCUT2D eigenvalue weighted by molar-refractivity contribution is 6.01. The molecule has 1 saturated heterocycles. The molecule has 0 aliphatic carbocycles. The van der Waals surface area contributed by atoms with Gasteiger partial charge < -0.3 is 19.9 Å². The largest absolute Gasteiger partial charge is 0.450 e. The number of rotatable bonds is 2. The summed E-state index contributed by atoms with van der Waals surface area (Å²) in [5.74, 6) is -1.57. The van der Waals surface area contributed by atoms with E-state index in [2.05, 4.69) is 5.32 Å². The minimum atomic E-state index is -0.626. The Morgan fingerprint density at radius 2 is 1.92 bits per heavy atom. The van der Waals surface area contributed by atoms with Crippen molar-refractivity contribution in [1.29, 1.82) is 0 Å². The molecule has 0 saturated carbocycles. The maximum absolute atomic E-state index is 13.4. The molecule has 1 unspecified atom stereocenters. The van der Waals surface area contributed by atoms with Crippen molar-refractivity contribution >= 4 is 23.6 Å². The first kappa shape index (κ1) is 17.2. The molecule has 0 aromatic heterocycles. The van der Waals surface area contributed by atoms with Crippen LogP contribution in [0.3, 0.4) is 0 Å². The van der Waals surface area contributed by atoms with E-state index in [0.29, 0.717) is 44.0 Å². The van der Waals surface area contributed by atoms with Crippen molar-refractivity contribution in [2.75, 3.05) is 38.1 Å². The number of anilines is 1. The van der Waals surface area contributed by atoms with Gasteiger partial charge in [-0.05, 0) is 24.6 Å². The Kier molecular flexibility index (Phi) is 4.87. The molecule has 0 radical (unpaired) electrons. The Morgan fingerprint density at radius 1 is 1.24 bits per heavy atom. The number of piperazine rings is 1. The number of nitrogens with one attached hydrogen (secondary N) is 1. The molecule has 1 atom stereocenters. The highest BCUT2D eigenvalue weighted by Gasteiger charge is 2.35. The molecule has 25 heavy (non-hydrogen) atoms. The van der Waals surface area contributed by atoms with Crippen LogP contribution in [-0.4, -0.2) is 60.5 Å². The fraction of sp³-hybridized carbons (Fsp3) is 0.471. The second kappa shape index (κ2) is 7.08. The highest BCUT2D eigenvalue weighted by Crippen LogP contribution is 2.34. The molecule has 1 aromatic carbocycles. The SMILES string of the molecule is CCOC(=O)N1CCN(C(=O)C2CC(=O)Nc3cc(F)ccc32)CC1. The van der Waals surface area contributed by atoms with Crippen LogP contribution in [0.25, 0.3) is 0 Å². The summed E-state index contributed by atoms with van der Waals surface area (Å²) in [6, 6.07) is 4.06. The maximum atomic E-state index is 13.4. The molecule has 3 amide bonds. The van der Waals surface area contributed by atoms with Crippen LogP contribution >= 0.6 is 0 Å². The van der Waals surface area contributed by atoms with Gasteiger partial charge in [-0.25, -0.2) is 9.18 Å². The average molecular weight is 349 g/mol. The molecule has 1 aromatic rings. The van der Waals surface area contributed by atoms with Gasteiger partial charge in [-0.15, -0.1) is 0 Å². The molecule has 2 heterocycles. The van der Waals surface area contributed by atoms with Gasteiger partial charge in [0.25, 0.3) is 0 Å². The first-order chi connectivity index (χ1) is 12.0. The van der Waals surface area contributed by atoms with Gasteiger partial charge in [0.15, 0.2) is 0 Å². The summed E-state index contributed by atoms with van der Waals surface area (Å²) >= 11 is 0. The first-order valence-electron chi connectivity index (χ1n) is 8.29. The van der Waals surface area contributed by atoms with Gasteiger partial charge in [0, 0.05) is 38.3 Å². The van der Waals surface area contributed by atoms with Crippen molar-refractivity contribution in [1.82, 2.24) is 9.80 Å². The van der Waals surface area contributed by atoms with Gasteiger partial charge in [-0.1, -0.05) is 6.07 Å². The van der Waals surface area contributed by atoms with Crippen molar-refractivity contribution in [3.63, 3.8) is 0 Å². The summed E-state index contributed by atoms with van der Waals surface area (Å²) < 4.78 is 18.4. The average Bonchev–Trinajstić information content (AvgIpc) is 2.60. The van der Waals surface area contributed by atoms with Crippen molar-refractivity contribution in [2.24, 2.45) is 0 Å². The predicted octanol–water partition coefficient (Wildman–Crippen LogP) is 1.55. The van der Waals surface area contributed by atoms with E-state index >= 15 is 0 Å². The predicted molar refractivity (Wildman–Crippen MR) is 87.6 cm³/mol. The number of hydrogen-bond donors (Lipinski definition) is 1. The topological polar surface area (TPSA) is 79.0 Å². The third-order valence-electron chi connectivity index (χ3n) is 4.47. The van der Waals surface area contributed by atoms with Crippen LogP contribution in [0.15, 0.2) is 18.2 Å². The quantitative estimate of drug-likeness (QED) is 0.879. The number of hydrogen-bond acceptors (Lipinski definition) is 4. The molecule has 1 N–H and O–H groups in total. The van der Waals surface area contributed by atoms with Crippen LogP contribution < -0.4 is 5.32 Å². The standard InChI is InChI=1S/C17H20FN3O4/c1-2-25-17(24)21-7-5-20(6-8-21)16(23)13-10-15(22)19-14-9-11(18)3-4-12(13)14/h3-4,9,13H,2,5-8,10H2,1H3,(H,19,22). The van der Waals surface area contributed by atoms with Crippen molar-refractivity contribution < 1.29 is 23.5 Å². The lowest BCUT2D eigenvalue weighted by atomic mass is 9.89. The number of benzene rings is 1. The fourth-order valence-electron chi connectivity index (χ4n) is 3.20. The Hall–Kier alpha value is -2.64.